The van der Waals surface area contributed by atoms with Crippen LogP contribution in [0.2, 0.25) is 5.02 Å². The highest BCUT2D eigenvalue weighted by Gasteiger charge is 2.43. The van der Waals surface area contributed by atoms with Crippen molar-refractivity contribution in [2.24, 2.45) is 0 Å². The van der Waals surface area contributed by atoms with Crippen LogP contribution in [0.5, 0.6) is 5.75 Å². The molecule has 0 saturated carbocycles. The zero-order valence-corrected chi connectivity index (χ0v) is 15.7. The van der Waals surface area contributed by atoms with E-state index in [0.29, 0.717) is 21.5 Å². The molecule has 5 nitrogen and oxygen atoms in total. The van der Waals surface area contributed by atoms with Gasteiger partial charge in [0.2, 0.25) is 0 Å². The number of nitriles is 1. The van der Waals surface area contributed by atoms with Crippen LogP contribution in [0, 0.1) is 11.3 Å². The maximum Gasteiger partial charge on any atom is 0.167 e. The average molecular weight is 386 g/mol. The average Bonchev–Trinajstić information content (AvgIpc) is 3.00. The first kappa shape index (κ1) is 17.2. The molecule has 0 unspecified atom stereocenters. The Kier molecular flexibility index (Phi) is 4.11. The molecule has 2 heterocycles. The topological polar surface area (TPSA) is 81.9 Å². The van der Waals surface area contributed by atoms with E-state index in [1.54, 1.807) is 30.3 Å². The van der Waals surface area contributed by atoms with E-state index in [1.165, 1.54) is 11.8 Å². The van der Waals surface area contributed by atoms with Crippen molar-refractivity contribution in [2.45, 2.75) is 36.0 Å². The quantitative estimate of drug-likeness (QED) is 0.680. The summed E-state index contributed by atoms with van der Waals surface area (Å²) in [5, 5.41) is 21.1. The van der Waals surface area contributed by atoms with Crippen LogP contribution in [0.15, 0.2) is 41.6 Å². The normalized spacial score (nSPS) is 21.0. The smallest absolute Gasteiger partial charge is 0.167 e. The van der Waals surface area contributed by atoms with Gasteiger partial charge in [0.25, 0.3) is 0 Å². The summed E-state index contributed by atoms with van der Waals surface area (Å²) in [6, 6.07) is 12.9. The highest BCUT2D eigenvalue weighted by molar-refractivity contribution is 7.99. The number of aliphatic hydroxyl groups excluding tert-OH is 1. The lowest BCUT2D eigenvalue weighted by Crippen LogP contribution is -2.48. The van der Waals surface area contributed by atoms with Crippen LogP contribution in [0.1, 0.15) is 30.2 Å². The van der Waals surface area contributed by atoms with Crippen LogP contribution in [-0.4, -0.2) is 26.8 Å². The van der Waals surface area contributed by atoms with Crippen LogP contribution in [0.3, 0.4) is 0 Å². The molecule has 1 aromatic heterocycles. The van der Waals surface area contributed by atoms with Crippen LogP contribution in [-0.2, 0) is 0 Å². The second kappa shape index (κ2) is 6.20. The number of aromatic amines is 1. The number of fused-ring (bicyclic) bond motifs is 2. The molecule has 2 aromatic carbocycles. The number of nitrogens with zero attached hydrogens (tertiary/aromatic N) is 2. The van der Waals surface area contributed by atoms with Crippen LogP contribution < -0.4 is 4.74 Å². The van der Waals surface area contributed by atoms with Crippen molar-refractivity contribution in [1.82, 2.24) is 9.97 Å². The number of aliphatic hydroxyl groups is 1. The third kappa shape index (κ3) is 2.92. The predicted molar refractivity (Wildman–Crippen MR) is 102 cm³/mol. The molecule has 7 heteroatoms. The van der Waals surface area contributed by atoms with Crippen molar-refractivity contribution in [3.05, 3.63) is 52.5 Å². The zero-order valence-electron chi connectivity index (χ0n) is 14.2. The third-order valence-corrected chi connectivity index (χ3v) is 5.90. The summed E-state index contributed by atoms with van der Waals surface area (Å²) in [6.07, 6.45) is -0.772. The second-order valence-electron chi connectivity index (χ2n) is 6.76. The van der Waals surface area contributed by atoms with Gasteiger partial charge in [0.05, 0.1) is 27.9 Å². The van der Waals surface area contributed by atoms with Crippen molar-refractivity contribution in [2.75, 3.05) is 0 Å². The molecule has 2 atom stereocenters. The molecular formula is C19H16ClN3O2S. The lowest BCUT2D eigenvalue weighted by Gasteiger charge is -2.41. The molecule has 4 rings (SSSR count). The number of ether oxygens (including phenoxy) is 1. The van der Waals surface area contributed by atoms with Gasteiger partial charge in [-0.25, -0.2) is 4.98 Å². The van der Waals surface area contributed by atoms with Gasteiger partial charge in [-0.15, -0.1) is 0 Å². The van der Waals surface area contributed by atoms with Gasteiger partial charge >= 0.3 is 0 Å². The minimum atomic E-state index is -0.772. The monoisotopic (exact) mass is 385 g/mol. The molecule has 0 spiro atoms. The molecule has 2 N–H and O–H groups in total. The Bertz CT molecular complexity index is 1040. The summed E-state index contributed by atoms with van der Waals surface area (Å²) >= 11 is 7.45. The number of hydrogen-bond donors (Lipinski definition) is 2. The first-order valence-corrected chi connectivity index (χ1v) is 9.36. The van der Waals surface area contributed by atoms with Crippen molar-refractivity contribution < 1.29 is 9.84 Å². The molecule has 0 amide bonds. The van der Waals surface area contributed by atoms with E-state index in [2.05, 4.69) is 16.0 Å². The van der Waals surface area contributed by atoms with Gasteiger partial charge in [0.1, 0.15) is 17.5 Å². The molecule has 0 aliphatic carbocycles. The summed E-state index contributed by atoms with van der Waals surface area (Å²) < 4.78 is 5.95. The molecule has 3 aromatic rings. The van der Waals surface area contributed by atoms with Crippen LogP contribution >= 0.6 is 23.4 Å². The van der Waals surface area contributed by atoms with Gasteiger partial charge in [0.15, 0.2) is 5.16 Å². The van der Waals surface area contributed by atoms with E-state index < -0.39 is 11.7 Å². The zero-order chi connectivity index (χ0) is 18.5. The van der Waals surface area contributed by atoms with E-state index in [4.69, 9.17) is 16.3 Å². The van der Waals surface area contributed by atoms with E-state index in [9.17, 15) is 10.4 Å². The first-order chi connectivity index (χ1) is 12.4. The number of imidazole rings is 1. The lowest BCUT2D eigenvalue weighted by molar-refractivity contribution is -0.0430. The summed E-state index contributed by atoms with van der Waals surface area (Å²) in [7, 11) is 0. The maximum absolute atomic E-state index is 10.9. The van der Waals surface area contributed by atoms with Gasteiger partial charge in [0, 0.05) is 10.6 Å². The number of thioether (sulfide) groups is 1. The molecule has 1 aliphatic rings. The van der Waals surface area contributed by atoms with Gasteiger partial charge in [-0.05, 0) is 50.2 Å². The number of halogens is 1. The molecule has 0 fully saturated rings. The van der Waals surface area contributed by atoms with E-state index in [-0.39, 0.29) is 5.25 Å². The SMILES string of the molecule is CC1(C)Oc2ccc(C#N)cc2[C@@H](Sc2nc3cc(Cl)ccc3[nH]2)[C@@H]1O. The van der Waals surface area contributed by atoms with E-state index in [0.717, 1.165) is 16.6 Å². The number of hydrogen-bond acceptors (Lipinski definition) is 5. The summed E-state index contributed by atoms with van der Waals surface area (Å²) in [4.78, 5) is 7.83. The third-order valence-electron chi connectivity index (χ3n) is 4.48. The number of nitrogens with one attached hydrogen (secondary N) is 1. The van der Waals surface area contributed by atoms with Gasteiger partial charge in [-0.3, -0.25) is 0 Å². The molecule has 0 bridgehead atoms. The van der Waals surface area contributed by atoms with Crippen molar-refractivity contribution in [1.29, 1.82) is 5.26 Å². The lowest BCUT2D eigenvalue weighted by atomic mass is 9.90. The van der Waals surface area contributed by atoms with Crippen molar-refractivity contribution in [3.8, 4) is 11.8 Å². The highest BCUT2D eigenvalue weighted by Crippen LogP contribution is 2.48. The van der Waals surface area contributed by atoms with E-state index in [1.807, 2.05) is 19.9 Å². The van der Waals surface area contributed by atoms with Crippen molar-refractivity contribution in [3.63, 3.8) is 0 Å². The van der Waals surface area contributed by atoms with Crippen LogP contribution in [0.25, 0.3) is 11.0 Å². The van der Waals surface area contributed by atoms with E-state index >= 15 is 0 Å². The second-order valence-corrected chi connectivity index (χ2v) is 8.32. The fourth-order valence-electron chi connectivity index (χ4n) is 3.07. The molecular weight excluding hydrogens is 370 g/mol. The van der Waals surface area contributed by atoms with Crippen molar-refractivity contribution >= 4 is 34.4 Å². The Balaban J connectivity index is 1.77. The molecule has 0 radical (unpaired) electrons. The minimum absolute atomic E-state index is 0.321. The molecule has 132 valence electrons. The fourth-order valence-corrected chi connectivity index (χ4v) is 4.57. The number of H-pyrrole nitrogens is 1. The summed E-state index contributed by atoms with van der Waals surface area (Å²) in [5.74, 6) is 0.677. The Morgan fingerprint density at radius 1 is 1.31 bits per heavy atom. The minimum Gasteiger partial charge on any atom is -0.485 e. The highest BCUT2D eigenvalue weighted by atomic mass is 35.5. The first-order valence-electron chi connectivity index (χ1n) is 8.10. The number of benzene rings is 2. The van der Waals surface area contributed by atoms with Gasteiger partial charge in [-0.2, -0.15) is 5.26 Å². The Labute approximate surface area is 160 Å². The van der Waals surface area contributed by atoms with Gasteiger partial charge < -0.3 is 14.8 Å². The number of aromatic nitrogens is 2. The standard InChI is InChI=1S/C19H16ClN3O2S/c1-19(2)17(24)16(12-7-10(9-21)3-6-15(12)25-19)26-18-22-13-5-4-11(20)8-14(13)23-18/h3-8,16-17,24H,1-2H3,(H,22,23)/t16-,17+/m1/s1. The Morgan fingerprint density at radius 2 is 2.12 bits per heavy atom. The Morgan fingerprint density at radius 3 is 2.88 bits per heavy atom. The summed E-state index contributed by atoms with van der Waals surface area (Å²) in [5.41, 5.74) is 2.21. The summed E-state index contributed by atoms with van der Waals surface area (Å²) in [6.45, 7) is 3.70. The largest absolute Gasteiger partial charge is 0.485 e. The molecule has 26 heavy (non-hydrogen) atoms. The Hall–Kier alpha value is -2.20. The molecule has 0 saturated heterocycles. The predicted octanol–water partition coefficient (Wildman–Crippen LogP) is 4.45. The fraction of sp³-hybridized carbons (Fsp3) is 0.263. The van der Waals surface area contributed by atoms with Gasteiger partial charge in [-0.1, -0.05) is 23.4 Å². The molecule has 1 aliphatic heterocycles. The number of rotatable bonds is 2. The maximum atomic E-state index is 10.9. The van der Waals surface area contributed by atoms with Crippen LogP contribution in [0.4, 0.5) is 0 Å².